The first-order valence-electron chi connectivity index (χ1n) is 8.60. The van der Waals surface area contributed by atoms with Gasteiger partial charge in [0.2, 0.25) is 5.91 Å². The second-order valence-corrected chi connectivity index (χ2v) is 6.69. The van der Waals surface area contributed by atoms with Crippen LogP contribution >= 0.6 is 0 Å². The third-order valence-electron chi connectivity index (χ3n) is 4.92. The van der Waals surface area contributed by atoms with Gasteiger partial charge in [-0.25, -0.2) is 0 Å². The number of carbonyl (C=O) groups is 1. The number of hydrogen-bond donors (Lipinski definition) is 1. The number of aromatic nitrogens is 2. The van der Waals surface area contributed by atoms with E-state index >= 15 is 0 Å². The van der Waals surface area contributed by atoms with Gasteiger partial charge in [-0.15, -0.1) is 0 Å². The maximum atomic E-state index is 12.4. The second-order valence-electron chi connectivity index (χ2n) is 6.69. The van der Waals surface area contributed by atoms with Crippen molar-refractivity contribution in [3.8, 4) is 0 Å². The van der Waals surface area contributed by atoms with Crippen LogP contribution in [0.2, 0.25) is 0 Å². The first kappa shape index (κ1) is 16.6. The second kappa shape index (κ2) is 6.67. The number of nitrogens with zero attached hydrogens (tertiary/aromatic N) is 3. The van der Waals surface area contributed by atoms with Gasteiger partial charge in [0.15, 0.2) is 0 Å². The zero-order valence-electron chi connectivity index (χ0n) is 15.0. The molecule has 0 saturated carbocycles. The summed E-state index contributed by atoms with van der Waals surface area (Å²) < 4.78 is 1.83. The molecular weight excluding hydrogens is 300 g/mol. The molecule has 0 aliphatic carbocycles. The molecule has 128 valence electrons. The molecule has 5 heteroatoms. The average molecular weight is 326 g/mol. The number of amides is 1. The summed E-state index contributed by atoms with van der Waals surface area (Å²) in [5.74, 6) is 0.00234. The zero-order valence-corrected chi connectivity index (χ0v) is 15.0. The van der Waals surface area contributed by atoms with Crippen molar-refractivity contribution in [3.05, 3.63) is 40.7 Å². The summed E-state index contributed by atoms with van der Waals surface area (Å²) >= 11 is 0. The molecule has 1 aromatic heterocycles. The molecule has 1 fully saturated rings. The van der Waals surface area contributed by atoms with Crippen molar-refractivity contribution in [1.29, 1.82) is 0 Å². The van der Waals surface area contributed by atoms with Crippen LogP contribution in [0.15, 0.2) is 18.2 Å². The van der Waals surface area contributed by atoms with Crippen LogP contribution in [-0.4, -0.2) is 28.8 Å². The Morgan fingerprint density at radius 2 is 1.92 bits per heavy atom. The quantitative estimate of drug-likeness (QED) is 0.939. The highest BCUT2D eigenvalue weighted by molar-refractivity contribution is 5.92. The van der Waals surface area contributed by atoms with Crippen LogP contribution in [0.4, 0.5) is 11.4 Å². The van der Waals surface area contributed by atoms with Gasteiger partial charge in [0.05, 0.1) is 12.1 Å². The normalized spacial score (nSPS) is 14.2. The van der Waals surface area contributed by atoms with E-state index in [1.54, 1.807) is 0 Å². The van der Waals surface area contributed by atoms with E-state index in [4.69, 9.17) is 0 Å². The van der Waals surface area contributed by atoms with Gasteiger partial charge in [0, 0.05) is 42.8 Å². The minimum absolute atomic E-state index is 0.00234. The van der Waals surface area contributed by atoms with Crippen molar-refractivity contribution in [2.45, 2.75) is 40.0 Å². The lowest BCUT2D eigenvalue weighted by atomic mass is 10.1. The number of anilines is 2. The first-order chi connectivity index (χ1) is 11.5. The number of hydrogen-bond acceptors (Lipinski definition) is 3. The molecule has 2 heterocycles. The van der Waals surface area contributed by atoms with Crippen LogP contribution in [0, 0.1) is 20.8 Å². The highest BCUT2D eigenvalue weighted by Gasteiger charge is 2.16. The molecule has 0 atom stereocenters. The monoisotopic (exact) mass is 326 g/mol. The van der Waals surface area contributed by atoms with Gasteiger partial charge in [-0.1, -0.05) is 0 Å². The van der Waals surface area contributed by atoms with E-state index in [2.05, 4.69) is 34.4 Å². The summed E-state index contributed by atoms with van der Waals surface area (Å²) in [6, 6.07) is 6.19. The third-order valence-corrected chi connectivity index (χ3v) is 4.92. The third kappa shape index (κ3) is 3.30. The van der Waals surface area contributed by atoms with Crippen molar-refractivity contribution in [3.63, 3.8) is 0 Å². The van der Waals surface area contributed by atoms with Gasteiger partial charge in [-0.05, 0) is 57.4 Å². The van der Waals surface area contributed by atoms with Gasteiger partial charge in [-0.2, -0.15) is 5.10 Å². The summed E-state index contributed by atoms with van der Waals surface area (Å²) in [4.78, 5) is 14.8. The van der Waals surface area contributed by atoms with E-state index in [-0.39, 0.29) is 5.91 Å². The lowest BCUT2D eigenvalue weighted by Gasteiger charge is -2.20. The van der Waals surface area contributed by atoms with E-state index in [0.29, 0.717) is 6.42 Å². The Hall–Kier alpha value is -2.30. The fraction of sp³-hybridized carbons (Fsp3) is 0.474. The van der Waals surface area contributed by atoms with E-state index in [9.17, 15) is 4.79 Å². The minimum Gasteiger partial charge on any atom is -0.371 e. The highest BCUT2D eigenvalue weighted by Crippen LogP contribution is 2.26. The van der Waals surface area contributed by atoms with Crippen LogP contribution in [0.3, 0.4) is 0 Å². The molecule has 1 aliphatic rings. The SMILES string of the molecule is Cc1cc(NC(=O)Cc2c(C)nn(C)c2C)ccc1N1CCCC1. The molecule has 0 spiro atoms. The fourth-order valence-corrected chi connectivity index (χ4v) is 3.49. The van der Waals surface area contributed by atoms with Crippen molar-refractivity contribution in [2.75, 3.05) is 23.3 Å². The molecule has 3 rings (SSSR count). The largest absolute Gasteiger partial charge is 0.371 e. The molecular formula is C19H26N4O. The number of rotatable bonds is 4. The van der Waals surface area contributed by atoms with E-state index < -0.39 is 0 Å². The summed E-state index contributed by atoms with van der Waals surface area (Å²) in [5, 5.41) is 7.39. The lowest BCUT2D eigenvalue weighted by molar-refractivity contribution is -0.115. The maximum Gasteiger partial charge on any atom is 0.228 e. The summed E-state index contributed by atoms with van der Waals surface area (Å²) in [7, 11) is 1.91. The van der Waals surface area contributed by atoms with Crippen molar-refractivity contribution in [1.82, 2.24) is 9.78 Å². The van der Waals surface area contributed by atoms with Crippen LogP contribution in [-0.2, 0) is 18.3 Å². The average Bonchev–Trinajstić information content (AvgIpc) is 3.12. The first-order valence-corrected chi connectivity index (χ1v) is 8.60. The van der Waals surface area contributed by atoms with Crippen molar-refractivity contribution < 1.29 is 4.79 Å². The molecule has 0 radical (unpaired) electrons. The van der Waals surface area contributed by atoms with Crippen LogP contribution in [0.25, 0.3) is 0 Å². The predicted molar refractivity (Wildman–Crippen MR) is 97.6 cm³/mol. The topological polar surface area (TPSA) is 50.2 Å². The van der Waals surface area contributed by atoms with Gasteiger partial charge < -0.3 is 10.2 Å². The molecule has 0 bridgehead atoms. The van der Waals surface area contributed by atoms with E-state index in [0.717, 1.165) is 35.7 Å². The van der Waals surface area contributed by atoms with Gasteiger partial charge in [-0.3, -0.25) is 9.48 Å². The molecule has 1 saturated heterocycles. The van der Waals surface area contributed by atoms with Crippen molar-refractivity contribution >= 4 is 17.3 Å². The van der Waals surface area contributed by atoms with E-state index in [1.807, 2.05) is 31.6 Å². The van der Waals surface area contributed by atoms with Crippen LogP contribution in [0.1, 0.15) is 35.4 Å². The molecule has 1 aromatic carbocycles. The van der Waals surface area contributed by atoms with Crippen LogP contribution in [0.5, 0.6) is 0 Å². The van der Waals surface area contributed by atoms with E-state index in [1.165, 1.54) is 24.1 Å². The smallest absolute Gasteiger partial charge is 0.228 e. The molecule has 0 unspecified atom stereocenters. The summed E-state index contributed by atoms with van der Waals surface area (Å²) in [6.45, 7) is 8.32. The summed E-state index contributed by atoms with van der Waals surface area (Å²) in [5.41, 5.74) is 6.34. The molecule has 5 nitrogen and oxygen atoms in total. The number of aryl methyl sites for hydroxylation is 3. The Balaban J connectivity index is 1.69. The highest BCUT2D eigenvalue weighted by atomic mass is 16.1. The Kier molecular flexibility index (Phi) is 4.60. The summed E-state index contributed by atoms with van der Waals surface area (Å²) in [6.07, 6.45) is 2.89. The Morgan fingerprint density at radius 3 is 2.50 bits per heavy atom. The fourth-order valence-electron chi connectivity index (χ4n) is 3.49. The van der Waals surface area contributed by atoms with Gasteiger partial charge >= 0.3 is 0 Å². The zero-order chi connectivity index (χ0) is 17.3. The van der Waals surface area contributed by atoms with Crippen LogP contribution < -0.4 is 10.2 Å². The number of nitrogens with one attached hydrogen (secondary N) is 1. The van der Waals surface area contributed by atoms with Gasteiger partial charge in [0.1, 0.15) is 0 Å². The van der Waals surface area contributed by atoms with Gasteiger partial charge in [0.25, 0.3) is 0 Å². The Labute approximate surface area is 143 Å². The predicted octanol–water partition coefficient (Wildman–Crippen LogP) is 3.13. The Morgan fingerprint density at radius 1 is 1.21 bits per heavy atom. The van der Waals surface area contributed by atoms with Crippen molar-refractivity contribution in [2.24, 2.45) is 7.05 Å². The molecule has 1 N–H and O–H groups in total. The maximum absolute atomic E-state index is 12.4. The lowest BCUT2D eigenvalue weighted by Crippen LogP contribution is -2.19. The molecule has 1 amide bonds. The number of benzene rings is 1. The molecule has 24 heavy (non-hydrogen) atoms. The molecule has 1 aliphatic heterocycles. The standard InChI is InChI=1S/C19H26N4O/c1-13-11-16(7-8-18(13)23-9-5-6-10-23)20-19(24)12-17-14(2)21-22(4)15(17)3/h7-8,11H,5-6,9-10,12H2,1-4H3,(H,20,24). The minimum atomic E-state index is 0.00234. The number of carbonyl (C=O) groups excluding carboxylic acids is 1. The Bertz CT molecular complexity index is 757. The molecule has 2 aromatic rings.